The zero-order chi connectivity index (χ0) is 15.6. The third kappa shape index (κ3) is 3.68. The van der Waals surface area contributed by atoms with E-state index in [0.717, 1.165) is 43.8 Å². The third-order valence-electron chi connectivity index (χ3n) is 4.07. The lowest BCUT2D eigenvalue weighted by Crippen LogP contribution is -2.45. The Morgan fingerprint density at radius 2 is 1.71 bits per heavy atom. The summed E-state index contributed by atoms with van der Waals surface area (Å²) in [6, 6.07) is 5.47. The third-order valence-corrected chi connectivity index (χ3v) is 4.07. The summed E-state index contributed by atoms with van der Waals surface area (Å²) in [5, 5.41) is 0. The van der Waals surface area contributed by atoms with Crippen molar-refractivity contribution >= 4 is 11.6 Å². The summed E-state index contributed by atoms with van der Waals surface area (Å²) in [4.78, 5) is 15.1. The van der Waals surface area contributed by atoms with Gasteiger partial charge in [-0.3, -0.25) is 4.79 Å². The van der Waals surface area contributed by atoms with Crippen molar-refractivity contribution in [2.24, 2.45) is 0 Å². The van der Waals surface area contributed by atoms with Gasteiger partial charge < -0.3 is 9.80 Å². The minimum Gasteiger partial charge on any atom is -0.371 e. The van der Waals surface area contributed by atoms with E-state index in [-0.39, 0.29) is 11.9 Å². The Labute approximate surface area is 122 Å². The summed E-state index contributed by atoms with van der Waals surface area (Å²) >= 11 is 0. The molecule has 0 unspecified atom stereocenters. The van der Waals surface area contributed by atoms with Crippen LogP contribution in [0.5, 0.6) is 0 Å². The molecule has 3 nitrogen and oxygen atoms in total. The van der Waals surface area contributed by atoms with Crippen LogP contribution in [0.3, 0.4) is 0 Å². The first kappa shape index (κ1) is 15.7. The Morgan fingerprint density at radius 1 is 1.19 bits per heavy atom. The zero-order valence-electron chi connectivity index (χ0n) is 12.2. The molecule has 0 atom stereocenters. The lowest BCUT2D eigenvalue weighted by molar-refractivity contribution is -0.137. The summed E-state index contributed by atoms with van der Waals surface area (Å²) in [6.07, 6.45) is -2.63. The minimum atomic E-state index is -4.30. The molecular weight excluding hydrogens is 281 g/mol. The normalized spacial score (nSPS) is 16.9. The van der Waals surface area contributed by atoms with Gasteiger partial charge in [-0.05, 0) is 37.1 Å². The number of alkyl halides is 3. The van der Waals surface area contributed by atoms with Gasteiger partial charge in [0.25, 0.3) is 0 Å². The average Bonchev–Trinajstić information content (AvgIpc) is 2.46. The number of nitrogens with zero attached hydrogens (tertiary/aromatic N) is 2. The summed E-state index contributed by atoms with van der Waals surface area (Å²) < 4.78 is 37.6. The van der Waals surface area contributed by atoms with Crippen LogP contribution in [0.15, 0.2) is 24.3 Å². The van der Waals surface area contributed by atoms with Crippen molar-refractivity contribution in [2.45, 2.75) is 32.0 Å². The average molecular weight is 300 g/mol. The fourth-order valence-corrected chi connectivity index (χ4v) is 2.63. The topological polar surface area (TPSA) is 23.6 Å². The second kappa shape index (κ2) is 5.95. The van der Waals surface area contributed by atoms with Crippen LogP contribution in [0.25, 0.3) is 0 Å². The SMILES string of the molecule is CC(=O)N(C)C1CCN(c2ccc(C(F)(F)F)cc2)CC1. The summed E-state index contributed by atoms with van der Waals surface area (Å²) in [6.45, 7) is 3.03. The maximum atomic E-state index is 12.5. The highest BCUT2D eigenvalue weighted by Crippen LogP contribution is 2.31. The van der Waals surface area contributed by atoms with E-state index in [1.807, 2.05) is 0 Å². The Hall–Kier alpha value is -1.72. The van der Waals surface area contributed by atoms with Crippen molar-refractivity contribution in [1.29, 1.82) is 0 Å². The van der Waals surface area contributed by atoms with Crippen molar-refractivity contribution < 1.29 is 18.0 Å². The van der Waals surface area contributed by atoms with Gasteiger partial charge in [0, 0.05) is 38.8 Å². The lowest BCUT2D eigenvalue weighted by Gasteiger charge is -2.37. The number of rotatable bonds is 2. The Balaban J connectivity index is 1.98. The molecule has 1 aromatic rings. The Bertz CT molecular complexity index is 491. The van der Waals surface area contributed by atoms with Crippen LogP contribution in [-0.4, -0.2) is 37.0 Å². The van der Waals surface area contributed by atoms with Crippen molar-refractivity contribution in [3.63, 3.8) is 0 Å². The molecule has 1 aliphatic heterocycles. The number of hydrogen-bond donors (Lipinski definition) is 0. The van der Waals surface area contributed by atoms with Gasteiger partial charge in [0.1, 0.15) is 0 Å². The van der Waals surface area contributed by atoms with E-state index < -0.39 is 11.7 Å². The van der Waals surface area contributed by atoms with Gasteiger partial charge >= 0.3 is 6.18 Å². The van der Waals surface area contributed by atoms with Crippen molar-refractivity contribution in [1.82, 2.24) is 4.90 Å². The smallest absolute Gasteiger partial charge is 0.371 e. The first-order chi connectivity index (χ1) is 9.79. The van der Waals surface area contributed by atoms with Gasteiger partial charge in [-0.25, -0.2) is 0 Å². The van der Waals surface area contributed by atoms with E-state index in [1.54, 1.807) is 18.9 Å². The van der Waals surface area contributed by atoms with Crippen LogP contribution in [-0.2, 0) is 11.0 Å². The summed E-state index contributed by atoms with van der Waals surface area (Å²) in [7, 11) is 1.79. The van der Waals surface area contributed by atoms with E-state index in [4.69, 9.17) is 0 Å². The molecule has 1 heterocycles. The fraction of sp³-hybridized carbons (Fsp3) is 0.533. The molecule has 0 aliphatic carbocycles. The second-order valence-corrected chi connectivity index (χ2v) is 5.39. The van der Waals surface area contributed by atoms with Crippen molar-refractivity contribution in [3.8, 4) is 0 Å². The fourth-order valence-electron chi connectivity index (χ4n) is 2.63. The van der Waals surface area contributed by atoms with Gasteiger partial charge in [0.15, 0.2) is 0 Å². The van der Waals surface area contributed by atoms with Crippen LogP contribution in [0.4, 0.5) is 18.9 Å². The number of carbonyl (C=O) groups excluding carboxylic acids is 1. The van der Waals surface area contributed by atoms with Gasteiger partial charge in [-0.15, -0.1) is 0 Å². The molecule has 1 amide bonds. The monoisotopic (exact) mass is 300 g/mol. The van der Waals surface area contributed by atoms with E-state index >= 15 is 0 Å². The van der Waals surface area contributed by atoms with Crippen LogP contribution in [0.2, 0.25) is 0 Å². The summed E-state index contributed by atoms with van der Waals surface area (Å²) in [5.41, 5.74) is 0.171. The van der Waals surface area contributed by atoms with Crippen LogP contribution < -0.4 is 4.90 Å². The maximum Gasteiger partial charge on any atom is 0.416 e. The molecule has 21 heavy (non-hydrogen) atoms. The molecular formula is C15H19F3N2O. The predicted molar refractivity (Wildman–Crippen MR) is 75.1 cm³/mol. The number of carbonyl (C=O) groups is 1. The number of anilines is 1. The zero-order valence-corrected chi connectivity index (χ0v) is 12.2. The standard InChI is InChI=1S/C15H19F3N2O/c1-11(21)19(2)13-7-9-20(10-8-13)14-5-3-12(4-6-14)15(16,17)18/h3-6,13H,7-10H2,1-2H3. The minimum absolute atomic E-state index is 0.0444. The van der Waals surface area contributed by atoms with E-state index in [0.29, 0.717) is 0 Å². The first-order valence-electron chi connectivity index (χ1n) is 6.94. The predicted octanol–water partition coefficient (Wildman–Crippen LogP) is 3.15. The molecule has 0 N–H and O–H groups in total. The number of piperidine rings is 1. The molecule has 116 valence electrons. The highest BCUT2D eigenvalue weighted by molar-refractivity contribution is 5.73. The van der Waals surface area contributed by atoms with Gasteiger partial charge in [-0.2, -0.15) is 13.2 Å². The number of halogens is 3. The quantitative estimate of drug-likeness (QED) is 0.837. The Morgan fingerprint density at radius 3 is 2.14 bits per heavy atom. The van der Waals surface area contributed by atoms with Crippen LogP contribution in [0.1, 0.15) is 25.3 Å². The molecule has 0 saturated carbocycles. The largest absolute Gasteiger partial charge is 0.416 e. The van der Waals surface area contributed by atoms with E-state index in [1.165, 1.54) is 12.1 Å². The van der Waals surface area contributed by atoms with Crippen LogP contribution in [0, 0.1) is 0 Å². The molecule has 6 heteroatoms. The van der Waals surface area contributed by atoms with E-state index in [2.05, 4.69) is 4.90 Å². The van der Waals surface area contributed by atoms with E-state index in [9.17, 15) is 18.0 Å². The van der Waals surface area contributed by atoms with Gasteiger partial charge in [-0.1, -0.05) is 0 Å². The molecule has 0 aromatic heterocycles. The highest BCUT2D eigenvalue weighted by Gasteiger charge is 2.30. The maximum absolute atomic E-state index is 12.5. The molecule has 1 saturated heterocycles. The highest BCUT2D eigenvalue weighted by atomic mass is 19.4. The number of benzene rings is 1. The molecule has 1 fully saturated rings. The first-order valence-corrected chi connectivity index (χ1v) is 6.94. The molecule has 0 spiro atoms. The molecule has 2 rings (SSSR count). The van der Waals surface area contributed by atoms with Crippen molar-refractivity contribution in [2.75, 3.05) is 25.0 Å². The number of amides is 1. The molecule has 1 aliphatic rings. The van der Waals surface area contributed by atoms with Gasteiger partial charge in [0.2, 0.25) is 5.91 Å². The number of hydrogen-bond acceptors (Lipinski definition) is 2. The van der Waals surface area contributed by atoms with Crippen molar-refractivity contribution in [3.05, 3.63) is 29.8 Å². The summed E-state index contributed by atoms with van der Waals surface area (Å²) in [5.74, 6) is 0.0444. The van der Waals surface area contributed by atoms with Crippen LogP contribution >= 0.6 is 0 Å². The molecule has 1 aromatic carbocycles. The lowest BCUT2D eigenvalue weighted by atomic mass is 10.0. The van der Waals surface area contributed by atoms with Gasteiger partial charge in [0.05, 0.1) is 5.56 Å². The molecule has 0 bridgehead atoms. The Kier molecular flexibility index (Phi) is 4.44. The second-order valence-electron chi connectivity index (χ2n) is 5.39. The molecule has 0 radical (unpaired) electrons.